The molecule has 1 fully saturated rings. The summed E-state index contributed by atoms with van der Waals surface area (Å²) in [4.78, 5) is 0. The molecule has 1 saturated carbocycles. The van der Waals surface area contributed by atoms with Gasteiger partial charge in [-0.15, -0.1) is 0 Å². The monoisotopic (exact) mass is 508 g/mol. The van der Waals surface area contributed by atoms with E-state index < -0.39 is 0 Å². The van der Waals surface area contributed by atoms with Crippen LogP contribution in [0.3, 0.4) is 0 Å². The van der Waals surface area contributed by atoms with Crippen molar-refractivity contribution in [2.75, 3.05) is 42.2 Å². The number of halogens is 1. The minimum Gasteiger partial charge on any atom is -0.493 e. The van der Waals surface area contributed by atoms with Crippen LogP contribution in [0.5, 0.6) is 28.7 Å². The fourth-order valence-electron chi connectivity index (χ4n) is 4.62. The molecular weight excluding hydrogens is 476 g/mol. The van der Waals surface area contributed by atoms with Gasteiger partial charge in [0.1, 0.15) is 0 Å². The third kappa shape index (κ3) is 4.79. The van der Waals surface area contributed by atoms with E-state index in [0.717, 1.165) is 40.8 Å². The normalized spacial score (nSPS) is 20.2. The van der Waals surface area contributed by atoms with E-state index in [1.807, 2.05) is 12.1 Å². The van der Waals surface area contributed by atoms with Gasteiger partial charge in [0.25, 0.3) is 0 Å². The molecule has 0 aliphatic heterocycles. The van der Waals surface area contributed by atoms with Crippen molar-refractivity contribution in [2.45, 2.75) is 44.1 Å². The van der Waals surface area contributed by atoms with Crippen molar-refractivity contribution in [3.05, 3.63) is 39.9 Å². The maximum absolute atomic E-state index is 6.06. The lowest BCUT2D eigenvalue weighted by molar-refractivity contribution is 0.0805. The van der Waals surface area contributed by atoms with Gasteiger partial charge >= 0.3 is 0 Å². The predicted octanol–water partition coefficient (Wildman–Crippen LogP) is 5.95. The summed E-state index contributed by atoms with van der Waals surface area (Å²) in [7, 11) is 8.34. The molecule has 2 aromatic rings. The summed E-state index contributed by atoms with van der Waals surface area (Å²) in [5.74, 6) is 3.79. The average molecular weight is 509 g/mol. The summed E-state index contributed by atoms with van der Waals surface area (Å²) in [5, 5.41) is 0. The molecule has 0 aromatic heterocycles. The Morgan fingerprint density at radius 2 is 1.25 bits per heavy atom. The fraction of sp³-hybridized carbons (Fsp3) is 0.520. The summed E-state index contributed by atoms with van der Waals surface area (Å²) in [5.41, 5.74) is 2.28. The van der Waals surface area contributed by atoms with Crippen molar-refractivity contribution in [3.63, 3.8) is 0 Å². The first-order valence-corrected chi connectivity index (χ1v) is 11.6. The van der Waals surface area contributed by atoms with Crippen LogP contribution in [0, 0.1) is 0 Å². The van der Waals surface area contributed by atoms with E-state index >= 15 is 0 Å². The summed E-state index contributed by atoms with van der Waals surface area (Å²) < 4.78 is 35.1. The molecule has 0 unspecified atom stereocenters. The Bertz CT molecular complexity index is 891. The molecule has 0 bridgehead atoms. The van der Waals surface area contributed by atoms with Gasteiger partial charge in [-0.05, 0) is 70.6 Å². The van der Waals surface area contributed by atoms with Crippen LogP contribution in [-0.2, 0) is 4.74 Å². The first-order chi connectivity index (χ1) is 15.5. The third-order valence-electron chi connectivity index (χ3n) is 6.10. The van der Waals surface area contributed by atoms with Crippen LogP contribution >= 0.6 is 15.9 Å². The van der Waals surface area contributed by atoms with E-state index in [2.05, 4.69) is 35.0 Å². The molecule has 7 heteroatoms. The summed E-state index contributed by atoms with van der Waals surface area (Å²) in [6.07, 6.45) is 2.90. The molecule has 0 N–H and O–H groups in total. The topological polar surface area (TPSA) is 55.4 Å². The lowest BCUT2D eigenvalue weighted by atomic mass is 9.89. The lowest BCUT2D eigenvalue weighted by Gasteiger charge is -2.26. The molecule has 0 heterocycles. The standard InChI is InChI=1S/C25H33BrO6/c1-7-10-32-24-19(26)11-15(12-20(24)27-2)17-8-9-18(23(17)30-5)16-13-21(28-3)25(31-6)22(14-16)29-4/h11-14,17-18,23H,7-10H2,1-6H3/t17-,18+,23-/m1/s1. The van der Waals surface area contributed by atoms with Crippen molar-refractivity contribution >= 4 is 15.9 Å². The quantitative estimate of drug-likeness (QED) is 0.395. The Morgan fingerprint density at radius 3 is 1.69 bits per heavy atom. The van der Waals surface area contributed by atoms with Crippen molar-refractivity contribution in [1.29, 1.82) is 0 Å². The van der Waals surface area contributed by atoms with Crippen LogP contribution in [0.1, 0.15) is 49.1 Å². The molecule has 3 rings (SSSR count). The Hall–Kier alpha value is -2.12. The van der Waals surface area contributed by atoms with Crippen LogP contribution in [0.15, 0.2) is 28.7 Å². The maximum atomic E-state index is 6.06. The van der Waals surface area contributed by atoms with Gasteiger partial charge in [-0.25, -0.2) is 0 Å². The van der Waals surface area contributed by atoms with Crippen LogP contribution in [0.2, 0.25) is 0 Å². The largest absolute Gasteiger partial charge is 0.493 e. The van der Waals surface area contributed by atoms with E-state index in [9.17, 15) is 0 Å². The Balaban J connectivity index is 1.96. The molecular formula is C25H33BrO6. The number of benzene rings is 2. The Labute approximate surface area is 199 Å². The van der Waals surface area contributed by atoms with Crippen molar-refractivity contribution in [3.8, 4) is 28.7 Å². The van der Waals surface area contributed by atoms with Gasteiger partial charge in [0.2, 0.25) is 5.75 Å². The predicted molar refractivity (Wildman–Crippen MR) is 128 cm³/mol. The van der Waals surface area contributed by atoms with E-state index in [4.69, 9.17) is 28.4 Å². The van der Waals surface area contributed by atoms with E-state index in [0.29, 0.717) is 23.9 Å². The molecule has 0 spiro atoms. The highest BCUT2D eigenvalue weighted by Gasteiger charge is 2.39. The van der Waals surface area contributed by atoms with Crippen LogP contribution in [-0.4, -0.2) is 48.3 Å². The number of ether oxygens (including phenoxy) is 6. The second kappa shape index (κ2) is 11.1. The van der Waals surface area contributed by atoms with Gasteiger partial charge in [0, 0.05) is 18.9 Å². The van der Waals surface area contributed by atoms with E-state index in [-0.39, 0.29) is 17.9 Å². The molecule has 0 amide bonds. The van der Waals surface area contributed by atoms with Gasteiger partial charge in [-0.2, -0.15) is 0 Å². The SMILES string of the molecule is CCCOc1c(Br)cc([C@H]2CC[C@@H](c3cc(OC)c(OC)c(OC)c3)[C@@H]2OC)cc1OC. The number of hydrogen-bond acceptors (Lipinski definition) is 6. The summed E-state index contributed by atoms with van der Waals surface area (Å²) in [6, 6.07) is 8.25. The zero-order valence-electron chi connectivity index (χ0n) is 19.7. The Morgan fingerprint density at radius 1 is 0.750 bits per heavy atom. The highest BCUT2D eigenvalue weighted by atomic mass is 79.9. The zero-order valence-corrected chi connectivity index (χ0v) is 21.3. The van der Waals surface area contributed by atoms with Gasteiger partial charge < -0.3 is 28.4 Å². The molecule has 0 radical (unpaired) electrons. The van der Waals surface area contributed by atoms with Crippen molar-refractivity contribution in [1.82, 2.24) is 0 Å². The molecule has 176 valence electrons. The molecule has 1 aliphatic carbocycles. The van der Waals surface area contributed by atoms with Gasteiger partial charge in [0.15, 0.2) is 23.0 Å². The van der Waals surface area contributed by atoms with Crippen molar-refractivity contribution in [2.24, 2.45) is 0 Å². The molecule has 1 aliphatic rings. The minimum absolute atomic E-state index is 0.00294. The second-order valence-electron chi connectivity index (χ2n) is 7.83. The summed E-state index contributed by atoms with van der Waals surface area (Å²) in [6.45, 7) is 2.72. The lowest BCUT2D eigenvalue weighted by Crippen LogP contribution is -2.21. The molecule has 3 atom stereocenters. The molecule has 0 saturated heterocycles. The number of rotatable bonds is 10. The van der Waals surface area contributed by atoms with Gasteiger partial charge in [-0.1, -0.05) is 6.92 Å². The zero-order chi connectivity index (χ0) is 23.3. The first-order valence-electron chi connectivity index (χ1n) is 10.9. The first kappa shape index (κ1) is 24.5. The van der Waals surface area contributed by atoms with Crippen LogP contribution < -0.4 is 23.7 Å². The highest BCUT2D eigenvalue weighted by Crippen LogP contribution is 2.50. The fourth-order valence-corrected chi connectivity index (χ4v) is 5.20. The second-order valence-corrected chi connectivity index (χ2v) is 8.69. The van der Waals surface area contributed by atoms with Crippen LogP contribution in [0.25, 0.3) is 0 Å². The smallest absolute Gasteiger partial charge is 0.203 e. The third-order valence-corrected chi connectivity index (χ3v) is 6.69. The maximum Gasteiger partial charge on any atom is 0.203 e. The number of methoxy groups -OCH3 is 5. The number of hydrogen-bond donors (Lipinski definition) is 0. The van der Waals surface area contributed by atoms with Gasteiger partial charge in [-0.3, -0.25) is 0 Å². The average Bonchev–Trinajstić information content (AvgIpc) is 3.25. The minimum atomic E-state index is -0.00294. The van der Waals surface area contributed by atoms with Crippen molar-refractivity contribution < 1.29 is 28.4 Å². The highest BCUT2D eigenvalue weighted by molar-refractivity contribution is 9.10. The van der Waals surface area contributed by atoms with Crippen LogP contribution in [0.4, 0.5) is 0 Å². The molecule has 2 aromatic carbocycles. The van der Waals surface area contributed by atoms with E-state index in [1.54, 1.807) is 35.5 Å². The Kier molecular flexibility index (Phi) is 8.54. The molecule has 32 heavy (non-hydrogen) atoms. The molecule has 6 nitrogen and oxygen atoms in total. The van der Waals surface area contributed by atoms with Gasteiger partial charge in [0.05, 0.1) is 45.6 Å². The summed E-state index contributed by atoms with van der Waals surface area (Å²) >= 11 is 3.68. The van der Waals surface area contributed by atoms with E-state index in [1.165, 1.54) is 5.56 Å².